The molecule has 0 aliphatic carbocycles. The summed E-state index contributed by atoms with van der Waals surface area (Å²) in [5, 5.41) is 9.62. The molecule has 41 heavy (non-hydrogen) atoms. The molecule has 0 spiro atoms. The molecule has 0 unspecified atom stereocenters. The zero-order chi connectivity index (χ0) is 28.8. The van der Waals surface area contributed by atoms with E-state index in [2.05, 4.69) is 16.0 Å². The summed E-state index contributed by atoms with van der Waals surface area (Å²) < 4.78 is 24.5. The molecule has 1 heterocycles. The molecule has 8 nitrogen and oxygen atoms in total. The molecule has 3 N–H and O–H groups in total. The summed E-state index contributed by atoms with van der Waals surface area (Å²) in [7, 11) is 3.20. The summed E-state index contributed by atoms with van der Waals surface area (Å²) in [4.78, 5) is 22.4. The minimum absolute atomic E-state index is 0.306. The Morgan fingerprint density at radius 2 is 1.51 bits per heavy atom. The fourth-order valence-electron chi connectivity index (χ4n) is 4.39. The first kappa shape index (κ1) is 27.4. The highest BCUT2D eigenvalue weighted by atomic mass is 19.1. The fraction of sp³-hybridized carbons (Fsp3) is 0.156. The molecule has 0 aliphatic rings. The molecule has 0 radical (unpaired) electrons. The van der Waals surface area contributed by atoms with E-state index in [-0.39, 0.29) is 5.91 Å². The molecule has 9 heteroatoms. The number of hydrogen-bond donors (Lipinski definition) is 3. The number of rotatable bonds is 10. The molecule has 0 bridgehead atoms. The van der Waals surface area contributed by atoms with E-state index >= 15 is 0 Å². The summed E-state index contributed by atoms with van der Waals surface area (Å²) >= 11 is 0. The van der Waals surface area contributed by atoms with Gasteiger partial charge in [-0.05, 0) is 60.9 Å². The zero-order valence-corrected chi connectivity index (χ0v) is 23.0. The second-order valence-electron chi connectivity index (χ2n) is 9.43. The fourth-order valence-corrected chi connectivity index (χ4v) is 4.39. The first-order valence-corrected chi connectivity index (χ1v) is 13.1. The minimum atomic E-state index is -0.447. The van der Waals surface area contributed by atoms with Crippen LogP contribution in [0.4, 0.5) is 27.4 Å². The molecule has 5 aromatic rings. The number of para-hydroxylation sites is 2. The number of anilines is 4. The van der Waals surface area contributed by atoms with Crippen LogP contribution in [0.2, 0.25) is 0 Å². The average molecular weight is 552 g/mol. The van der Waals surface area contributed by atoms with Gasteiger partial charge in [-0.3, -0.25) is 4.79 Å². The van der Waals surface area contributed by atoms with E-state index in [4.69, 9.17) is 19.4 Å². The molecule has 0 saturated carbocycles. The van der Waals surface area contributed by atoms with Gasteiger partial charge in [-0.25, -0.2) is 14.4 Å². The van der Waals surface area contributed by atoms with Crippen LogP contribution in [0.1, 0.15) is 21.5 Å². The van der Waals surface area contributed by atoms with Crippen LogP contribution in [0.5, 0.6) is 11.5 Å². The van der Waals surface area contributed by atoms with E-state index in [1.807, 2.05) is 60.7 Å². The maximum absolute atomic E-state index is 13.7. The molecule has 1 amide bonds. The Morgan fingerprint density at radius 3 is 2.22 bits per heavy atom. The van der Waals surface area contributed by atoms with Crippen LogP contribution in [0.25, 0.3) is 11.0 Å². The third-order valence-electron chi connectivity index (χ3n) is 6.52. The van der Waals surface area contributed by atoms with Gasteiger partial charge in [0.2, 0.25) is 0 Å². The van der Waals surface area contributed by atoms with Crippen molar-refractivity contribution in [1.82, 2.24) is 9.97 Å². The lowest BCUT2D eigenvalue weighted by atomic mass is 10.1. The molecule has 208 valence electrons. The molecule has 0 aliphatic heterocycles. The molecule has 0 saturated heterocycles. The van der Waals surface area contributed by atoms with Crippen LogP contribution in [0.3, 0.4) is 0 Å². The number of nitrogens with zero attached hydrogens (tertiary/aromatic N) is 2. The van der Waals surface area contributed by atoms with Gasteiger partial charge < -0.3 is 25.4 Å². The zero-order valence-electron chi connectivity index (χ0n) is 23.0. The molecule has 5 rings (SSSR count). The third-order valence-corrected chi connectivity index (χ3v) is 6.52. The van der Waals surface area contributed by atoms with Crippen molar-refractivity contribution in [3.05, 3.63) is 107 Å². The van der Waals surface area contributed by atoms with Crippen molar-refractivity contribution < 1.29 is 18.7 Å². The lowest BCUT2D eigenvalue weighted by Gasteiger charge is -2.15. The SMILES string of the molecule is COc1cc(Nc2nc3ccccc3nc2NCCc2cccc(NC(=O)c3cc(F)ccc3C)c2)cc(OC)c1. The van der Waals surface area contributed by atoms with Crippen molar-refractivity contribution >= 4 is 40.0 Å². The summed E-state index contributed by atoms with van der Waals surface area (Å²) in [5.41, 5.74) is 4.92. The van der Waals surface area contributed by atoms with Crippen molar-refractivity contribution in [2.75, 3.05) is 36.7 Å². The third kappa shape index (κ3) is 6.70. The van der Waals surface area contributed by atoms with Gasteiger partial charge in [0.1, 0.15) is 17.3 Å². The Labute approximate surface area is 237 Å². The van der Waals surface area contributed by atoms with Crippen LogP contribution < -0.4 is 25.4 Å². The number of nitrogens with one attached hydrogen (secondary N) is 3. The number of carbonyl (C=O) groups excluding carboxylic acids is 1. The number of methoxy groups -OCH3 is 2. The largest absolute Gasteiger partial charge is 0.497 e. The second kappa shape index (κ2) is 12.3. The highest BCUT2D eigenvalue weighted by Crippen LogP contribution is 2.30. The van der Waals surface area contributed by atoms with E-state index < -0.39 is 5.82 Å². The number of benzene rings is 4. The molecule has 0 fully saturated rings. The molecular weight excluding hydrogens is 521 g/mol. The van der Waals surface area contributed by atoms with Crippen LogP contribution in [0, 0.1) is 12.7 Å². The lowest BCUT2D eigenvalue weighted by molar-refractivity contribution is 0.102. The molecule has 4 aromatic carbocycles. The van der Waals surface area contributed by atoms with Crippen molar-refractivity contribution in [2.24, 2.45) is 0 Å². The Bertz CT molecular complexity index is 1690. The Kier molecular flexibility index (Phi) is 8.24. The highest BCUT2D eigenvalue weighted by molar-refractivity contribution is 6.05. The number of carbonyl (C=O) groups is 1. The smallest absolute Gasteiger partial charge is 0.256 e. The predicted octanol–water partition coefficient (Wildman–Crippen LogP) is 6.75. The van der Waals surface area contributed by atoms with Gasteiger partial charge in [-0.1, -0.05) is 30.3 Å². The van der Waals surface area contributed by atoms with E-state index in [0.717, 1.165) is 22.3 Å². The van der Waals surface area contributed by atoms with Gasteiger partial charge in [0.15, 0.2) is 11.6 Å². The predicted molar refractivity (Wildman–Crippen MR) is 160 cm³/mol. The van der Waals surface area contributed by atoms with E-state index in [0.29, 0.717) is 52.9 Å². The van der Waals surface area contributed by atoms with Gasteiger partial charge in [0, 0.05) is 41.7 Å². The summed E-state index contributed by atoms with van der Waals surface area (Å²) in [6.07, 6.45) is 0.656. The number of aryl methyl sites for hydroxylation is 1. The minimum Gasteiger partial charge on any atom is -0.497 e. The van der Waals surface area contributed by atoms with Crippen LogP contribution >= 0.6 is 0 Å². The number of amides is 1. The summed E-state index contributed by atoms with van der Waals surface area (Å²) in [6.45, 7) is 2.34. The van der Waals surface area contributed by atoms with Crippen LogP contribution in [0.15, 0.2) is 84.9 Å². The quantitative estimate of drug-likeness (QED) is 0.177. The number of halogens is 1. The Morgan fingerprint density at radius 1 is 0.805 bits per heavy atom. The maximum Gasteiger partial charge on any atom is 0.256 e. The average Bonchev–Trinajstić information content (AvgIpc) is 2.98. The van der Waals surface area contributed by atoms with Gasteiger partial charge in [-0.15, -0.1) is 0 Å². The van der Waals surface area contributed by atoms with Gasteiger partial charge in [-0.2, -0.15) is 0 Å². The number of hydrogen-bond acceptors (Lipinski definition) is 7. The van der Waals surface area contributed by atoms with E-state index in [1.54, 1.807) is 33.3 Å². The normalized spacial score (nSPS) is 10.7. The number of aromatic nitrogens is 2. The molecule has 0 atom stereocenters. The summed E-state index contributed by atoms with van der Waals surface area (Å²) in [5.74, 6) is 1.65. The van der Waals surface area contributed by atoms with Crippen molar-refractivity contribution in [2.45, 2.75) is 13.3 Å². The first-order chi connectivity index (χ1) is 19.9. The number of ether oxygens (including phenoxy) is 2. The van der Waals surface area contributed by atoms with Crippen LogP contribution in [-0.4, -0.2) is 36.6 Å². The van der Waals surface area contributed by atoms with Crippen molar-refractivity contribution in [3.63, 3.8) is 0 Å². The van der Waals surface area contributed by atoms with Gasteiger partial charge in [0.05, 0.1) is 25.3 Å². The standard InChI is InChI=1S/C32H30FN5O3/c1-20-11-12-22(33)16-27(20)32(39)36-23-8-6-7-21(15-23)13-14-34-30-31(38-29-10-5-4-9-28(29)37-30)35-24-17-25(40-2)19-26(18-24)41-3/h4-12,15-19H,13-14H2,1-3H3,(H,34,37)(H,35,38)(H,36,39). The van der Waals surface area contributed by atoms with Crippen molar-refractivity contribution in [1.29, 1.82) is 0 Å². The maximum atomic E-state index is 13.7. The Balaban J connectivity index is 1.32. The highest BCUT2D eigenvalue weighted by Gasteiger charge is 2.13. The topological polar surface area (TPSA) is 97.4 Å². The first-order valence-electron chi connectivity index (χ1n) is 13.1. The van der Waals surface area contributed by atoms with Crippen molar-refractivity contribution in [3.8, 4) is 11.5 Å². The Hall–Kier alpha value is -5.18. The number of fused-ring (bicyclic) bond motifs is 1. The molecular formula is C32H30FN5O3. The molecule has 1 aromatic heterocycles. The monoisotopic (exact) mass is 551 g/mol. The second-order valence-corrected chi connectivity index (χ2v) is 9.43. The van der Waals surface area contributed by atoms with Gasteiger partial charge >= 0.3 is 0 Å². The summed E-state index contributed by atoms with van der Waals surface area (Å²) in [6, 6.07) is 24.9. The van der Waals surface area contributed by atoms with E-state index in [9.17, 15) is 9.18 Å². The van der Waals surface area contributed by atoms with Gasteiger partial charge in [0.25, 0.3) is 5.91 Å². The van der Waals surface area contributed by atoms with Crippen LogP contribution in [-0.2, 0) is 6.42 Å². The van der Waals surface area contributed by atoms with E-state index in [1.165, 1.54) is 12.1 Å². The lowest BCUT2D eigenvalue weighted by Crippen LogP contribution is -2.14.